The number of nitrogens with two attached hydrogens (primary N) is 2. The van der Waals surface area contributed by atoms with E-state index in [-0.39, 0.29) is 41.3 Å². The van der Waals surface area contributed by atoms with Crippen molar-refractivity contribution in [3.63, 3.8) is 0 Å². The summed E-state index contributed by atoms with van der Waals surface area (Å²) in [6.45, 7) is 6.21. The molecular weight excluding hydrogens is 682 g/mol. The topological polar surface area (TPSA) is 207 Å². The number of anilines is 1. The molecule has 5 N–H and O–H groups in total. The summed E-state index contributed by atoms with van der Waals surface area (Å²) in [6, 6.07) is 5.81. The number of carbonyl (C=O) groups is 4. The van der Waals surface area contributed by atoms with Crippen molar-refractivity contribution >= 4 is 52.0 Å². The highest BCUT2D eigenvalue weighted by atomic mass is 35.5. The van der Waals surface area contributed by atoms with Crippen molar-refractivity contribution in [1.29, 1.82) is 0 Å². The summed E-state index contributed by atoms with van der Waals surface area (Å²) in [7, 11) is 0. The van der Waals surface area contributed by atoms with E-state index in [0.29, 0.717) is 31.7 Å². The molecule has 0 saturated heterocycles. The fourth-order valence-corrected chi connectivity index (χ4v) is 4.20. The minimum Gasteiger partial charge on any atom is -0.542 e. The number of hydrogen-bond donors (Lipinski definition) is 3. The van der Waals surface area contributed by atoms with Gasteiger partial charge in [0.05, 0.1) is 25.7 Å². The standard InChI is InChI=1S/C24H31ClN6O3.2C2HF3O2/c1-3-30-18-9-8-17(34-15-16(32)7-5-6-12-26)13-19(18)31(4-2)22(30)11-10-20(33)23-24(27)28-14-21(25)29-23;2*3-2(4,5)1(6)7/h8-9,13-14H,3-7,10-12,15,26H2,1-2H3,(H-,27,28,33);2*(H,6,7). The fourth-order valence-electron chi connectivity index (χ4n) is 4.07. The van der Waals surface area contributed by atoms with Gasteiger partial charge < -0.3 is 31.2 Å². The minimum absolute atomic E-state index is 0.0418. The molecule has 3 aromatic rings. The molecule has 13 nitrogen and oxygen atoms in total. The number of halogens is 7. The molecule has 0 spiro atoms. The van der Waals surface area contributed by atoms with E-state index in [2.05, 4.69) is 32.9 Å². The lowest BCUT2D eigenvalue weighted by Crippen LogP contribution is -2.37. The van der Waals surface area contributed by atoms with Crippen LogP contribution < -0.4 is 25.9 Å². The maximum absolute atomic E-state index is 12.8. The quantitative estimate of drug-likeness (QED) is 0.102. The molecule has 2 heterocycles. The predicted molar refractivity (Wildman–Crippen MR) is 156 cm³/mol. The van der Waals surface area contributed by atoms with Crippen molar-refractivity contribution < 1.29 is 65.0 Å². The number of aliphatic carboxylic acids is 2. The van der Waals surface area contributed by atoms with Crippen molar-refractivity contribution in [3.05, 3.63) is 41.1 Å². The Morgan fingerprint density at radius 1 is 1.06 bits per heavy atom. The zero-order valence-electron chi connectivity index (χ0n) is 25.7. The van der Waals surface area contributed by atoms with Gasteiger partial charge in [0.1, 0.15) is 29.2 Å². The number of aryl methyl sites for hydroxylation is 2. The van der Waals surface area contributed by atoms with Gasteiger partial charge in [0.15, 0.2) is 28.4 Å². The lowest BCUT2D eigenvalue weighted by molar-refractivity contribution is -0.676. The number of alkyl halides is 6. The van der Waals surface area contributed by atoms with Crippen molar-refractivity contribution in [2.75, 3.05) is 18.9 Å². The van der Waals surface area contributed by atoms with E-state index in [0.717, 1.165) is 36.2 Å². The van der Waals surface area contributed by atoms with Gasteiger partial charge in [0, 0.05) is 18.9 Å². The van der Waals surface area contributed by atoms with Crippen molar-refractivity contribution in [2.45, 2.75) is 71.4 Å². The van der Waals surface area contributed by atoms with Gasteiger partial charge in [-0.05, 0) is 45.4 Å². The van der Waals surface area contributed by atoms with Crippen LogP contribution in [0.25, 0.3) is 11.0 Å². The molecule has 0 aliphatic heterocycles. The molecule has 3 rings (SSSR count). The summed E-state index contributed by atoms with van der Waals surface area (Å²) in [5.74, 6) is -4.18. The summed E-state index contributed by atoms with van der Waals surface area (Å²) in [4.78, 5) is 50.5. The maximum Gasteiger partial charge on any atom is 0.490 e. The highest BCUT2D eigenvalue weighted by Gasteiger charge is 2.38. The third kappa shape index (κ3) is 12.9. The first-order valence-corrected chi connectivity index (χ1v) is 14.4. The van der Waals surface area contributed by atoms with Crippen LogP contribution in [0, 0.1) is 0 Å². The summed E-state index contributed by atoms with van der Waals surface area (Å²) < 4.78 is 73.4. The molecule has 0 aliphatic carbocycles. The average Bonchev–Trinajstić information content (AvgIpc) is 3.31. The van der Waals surface area contributed by atoms with Crippen molar-refractivity contribution in [1.82, 2.24) is 14.5 Å². The number of unbranched alkanes of at least 4 members (excludes halogenated alkanes) is 1. The second-order valence-corrected chi connectivity index (χ2v) is 9.95. The second-order valence-electron chi connectivity index (χ2n) is 9.57. The highest BCUT2D eigenvalue weighted by Crippen LogP contribution is 2.23. The number of Topliss-reactive ketones (excluding diaryl/α,β-unsaturated/α-hetero) is 2. The van der Waals surface area contributed by atoms with E-state index >= 15 is 0 Å². The van der Waals surface area contributed by atoms with Crippen LogP contribution in [0.2, 0.25) is 5.15 Å². The molecule has 1 aromatic carbocycles. The Bertz CT molecular complexity index is 1560. The number of carboxylic acids is 2. The van der Waals surface area contributed by atoms with Crippen LogP contribution in [-0.2, 0) is 33.9 Å². The van der Waals surface area contributed by atoms with E-state index in [9.17, 15) is 35.9 Å². The molecule has 2 aromatic heterocycles. The Morgan fingerprint density at radius 2 is 1.67 bits per heavy atom. The summed E-state index contributed by atoms with van der Waals surface area (Å²) >= 11 is 5.89. The minimum atomic E-state index is -5.19. The number of benzene rings is 1. The molecule has 0 unspecified atom stereocenters. The third-order valence-electron chi connectivity index (χ3n) is 6.18. The molecule has 0 radical (unpaired) electrons. The van der Waals surface area contributed by atoms with Crippen LogP contribution in [0.4, 0.5) is 32.2 Å². The molecule has 0 aliphatic rings. The van der Waals surface area contributed by atoms with Crippen molar-refractivity contribution in [3.8, 4) is 5.75 Å². The van der Waals surface area contributed by atoms with E-state index in [1.807, 2.05) is 18.2 Å². The molecule has 0 bridgehead atoms. The number of carboxylic acid groups (broad SMARTS) is 2. The molecule has 0 amide bonds. The van der Waals surface area contributed by atoms with E-state index in [1.54, 1.807) is 0 Å². The predicted octanol–water partition coefficient (Wildman–Crippen LogP) is 2.82. The van der Waals surface area contributed by atoms with Gasteiger partial charge in [-0.15, -0.1) is 0 Å². The molecule has 0 saturated carbocycles. The Labute approximate surface area is 274 Å². The number of imidazole rings is 1. The van der Waals surface area contributed by atoms with Crippen LogP contribution in [0.5, 0.6) is 5.75 Å². The van der Waals surface area contributed by atoms with Crippen LogP contribution >= 0.6 is 11.6 Å². The number of carbonyl (C=O) groups excluding carboxylic acids is 3. The Hall–Kier alpha value is -4.52. The monoisotopic (exact) mass is 714 g/mol. The first kappa shape index (κ1) is 41.5. The highest BCUT2D eigenvalue weighted by molar-refractivity contribution is 6.29. The first-order chi connectivity index (χ1) is 22.3. The zero-order chi connectivity index (χ0) is 36.8. The Morgan fingerprint density at radius 3 is 2.17 bits per heavy atom. The normalized spacial score (nSPS) is 11.2. The number of aromatic nitrogens is 4. The molecule has 20 heteroatoms. The van der Waals surface area contributed by atoms with Gasteiger partial charge in [0.2, 0.25) is 0 Å². The third-order valence-corrected chi connectivity index (χ3v) is 6.36. The number of fused-ring (bicyclic) bond motifs is 1. The molecule has 266 valence electrons. The van der Waals surface area contributed by atoms with Gasteiger partial charge >= 0.3 is 18.3 Å². The number of ether oxygens (including phenoxy) is 1. The van der Waals surface area contributed by atoms with Crippen LogP contribution in [0.1, 0.15) is 55.8 Å². The van der Waals surface area contributed by atoms with Gasteiger partial charge in [-0.1, -0.05) is 11.6 Å². The largest absolute Gasteiger partial charge is 0.542 e. The van der Waals surface area contributed by atoms with Gasteiger partial charge in [-0.25, -0.2) is 23.9 Å². The second kappa shape index (κ2) is 18.7. The number of rotatable bonds is 13. The maximum atomic E-state index is 12.8. The van der Waals surface area contributed by atoms with Gasteiger partial charge in [0.25, 0.3) is 5.82 Å². The van der Waals surface area contributed by atoms with E-state index in [4.69, 9.17) is 47.6 Å². The summed E-state index contributed by atoms with van der Waals surface area (Å²) in [6.07, 6.45) is -6.15. The Kier molecular flexibility index (Phi) is 16.2. The molecule has 0 fully saturated rings. The lowest BCUT2D eigenvalue weighted by atomic mass is 10.1. The Balaban J connectivity index is 0.000000687. The smallest absolute Gasteiger partial charge is 0.490 e. The number of ketones is 2. The molecule has 0 atom stereocenters. The molecular formula is C28H33ClF6N6O7. The average molecular weight is 715 g/mol. The molecule has 48 heavy (non-hydrogen) atoms. The van der Waals surface area contributed by atoms with Gasteiger partial charge in [-0.2, -0.15) is 26.3 Å². The summed E-state index contributed by atoms with van der Waals surface area (Å²) in [5.41, 5.74) is 13.4. The number of hydrogen-bond acceptors (Lipinski definition) is 10. The number of nitrogens with zero attached hydrogens (tertiary/aromatic N) is 4. The van der Waals surface area contributed by atoms with Crippen LogP contribution in [0.15, 0.2) is 24.4 Å². The van der Waals surface area contributed by atoms with Crippen molar-refractivity contribution in [2.24, 2.45) is 5.73 Å². The zero-order valence-corrected chi connectivity index (χ0v) is 26.4. The summed E-state index contributed by atoms with van der Waals surface area (Å²) in [5, 5.41) is 16.0. The first-order valence-electron chi connectivity index (χ1n) is 14.1. The van der Waals surface area contributed by atoms with Gasteiger partial charge in [-0.3, -0.25) is 9.59 Å². The number of nitrogen functional groups attached to an aromatic ring is 1. The fraction of sp³-hybridized carbons (Fsp3) is 0.464. The lowest BCUT2D eigenvalue weighted by Gasteiger charge is -2.05. The van der Waals surface area contributed by atoms with E-state index in [1.165, 1.54) is 6.20 Å². The van der Waals surface area contributed by atoms with Crippen LogP contribution in [-0.4, -0.2) is 68.7 Å². The SMILES string of the molecule is CCn1c(CCC(=O)c2nc(Cl)cnc2N)[n+](CC)c2ccc(OCC(=O)CCCCN)cc21.O=C(O)C(F)(F)F.O=C([O-])C(F)(F)F. The van der Waals surface area contributed by atoms with Crippen LogP contribution in [0.3, 0.4) is 0 Å². The van der Waals surface area contributed by atoms with E-state index < -0.39 is 24.3 Å².